The van der Waals surface area contributed by atoms with E-state index in [2.05, 4.69) is 6.58 Å². The van der Waals surface area contributed by atoms with Gasteiger partial charge in [0.25, 0.3) is 5.97 Å². The van der Waals surface area contributed by atoms with Crippen molar-refractivity contribution in [1.82, 2.24) is 0 Å². The molecule has 0 bridgehead atoms. The molecule has 0 aromatic heterocycles. The molecule has 0 saturated carbocycles. The highest BCUT2D eigenvalue weighted by Gasteiger charge is 2.17. The fourth-order valence-electron chi connectivity index (χ4n) is 1.16. The molecule has 0 amide bonds. The average molecular weight is 252 g/mol. The molecule has 0 aliphatic rings. The molecule has 0 unspecified atom stereocenters. The van der Waals surface area contributed by atoms with Crippen LogP contribution in [0.1, 0.15) is 33.2 Å². The topological polar surface area (TPSA) is 112 Å². The third kappa shape index (κ3) is 4.48. The van der Waals surface area contributed by atoms with Gasteiger partial charge in [-0.2, -0.15) is 0 Å². The molecule has 96 valence electrons. The first-order valence-electron chi connectivity index (χ1n) is 4.72. The van der Waals surface area contributed by atoms with E-state index in [4.69, 9.17) is 20.1 Å². The number of benzene rings is 1. The Hall–Kier alpha value is -2.63. The Balaban J connectivity index is 0.000000631. The molecule has 6 heteroatoms. The zero-order valence-electron chi connectivity index (χ0n) is 9.58. The molecule has 1 aromatic carbocycles. The molecule has 0 aliphatic carbocycles. The van der Waals surface area contributed by atoms with Crippen molar-refractivity contribution in [3.8, 4) is 0 Å². The van der Waals surface area contributed by atoms with Crippen molar-refractivity contribution >= 4 is 24.0 Å². The summed E-state index contributed by atoms with van der Waals surface area (Å²) in [7, 11) is 0. The van der Waals surface area contributed by atoms with Gasteiger partial charge in [0.1, 0.15) is 0 Å². The van der Waals surface area contributed by atoms with Gasteiger partial charge in [0.05, 0.1) is 11.1 Å². The molecule has 1 aromatic rings. The lowest BCUT2D eigenvalue weighted by atomic mass is 10.0. The van der Waals surface area contributed by atoms with Crippen LogP contribution in [0.5, 0.6) is 0 Å². The summed E-state index contributed by atoms with van der Waals surface area (Å²) >= 11 is 0. The highest BCUT2D eigenvalue weighted by Crippen LogP contribution is 2.16. The summed E-state index contributed by atoms with van der Waals surface area (Å²) in [4.78, 5) is 30.5. The van der Waals surface area contributed by atoms with E-state index >= 15 is 0 Å². The van der Waals surface area contributed by atoms with Gasteiger partial charge >= 0.3 is 11.9 Å². The molecule has 0 saturated heterocycles. The Morgan fingerprint density at radius 3 is 1.94 bits per heavy atom. The third-order valence-corrected chi connectivity index (χ3v) is 1.76. The van der Waals surface area contributed by atoms with E-state index in [9.17, 15) is 9.59 Å². The van der Waals surface area contributed by atoms with Crippen LogP contribution in [0.25, 0.3) is 6.08 Å². The highest BCUT2D eigenvalue weighted by atomic mass is 16.4. The van der Waals surface area contributed by atoms with Crippen LogP contribution >= 0.6 is 0 Å². The maximum Gasteiger partial charge on any atom is 0.337 e. The van der Waals surface area contributed by atoms with Crippen molar-refractivity contribution in [2.75, 3.05) is 0 Å². The highest BCUT2D eigenvalue weighted by molar-refractivity contribution is 6.04. The molecule has 0 atom stereocenters. The molecule has 0 spiro atoms. The number of aromatic carboxylic acids is 2. The van der Waals surface area contributed by atoms with Gasteiger partial charge < -0.3 is 15.3 Å². The van der Waals surface area contributed by atoms with Crippen LogP contribution in [-0.4, -0.2) is 33.2 Å². The maximum atomic E-state index is 10.8. The van der Waals surface area contributed by atoms with Gasteiger partial charge in [0.15, 0.2) is 0 Å². The van der Waals surface area contributed by atoms with Gasteiger partial charge in [-0.3, -0.25) is 4.79 Å². The minimum atomic E-state index is -1.27. The fourth-order valence-corrected chi connectivity index (χ4v) is 1.16. The van der Waals surface area contributed by atoms with Crippen LogP contribution < -0.4 is 0 Å². The smallest absolute Gasteiger partial charge is 0.337 e. The van der Waals surface area contributed by atoms with Crippen LogP contribution in [0.3, 0.4) is 0 Å². The van der Waals surface area contributed by atoms with Crippen molar-refractivity contribution in [2.45, 2.75) is 6.92 Å². The molecule has 3 N–H and O–H groups in total. The van der Waals surface area contributed by atoms with Crippen LogP contribution in [0.2, 0.25) is 0 Å². The largest absolute Gasteiger partial charge is 0.481 e. The predicted molar refractivity (Wildman–Crippen MR) is 63.8 cm³/mol. The monoisotopic (exact) mass is 252 g/mol. The second kappa shape index (κ2) is 6.85. The Morgan fingerprint density at radius 2 is 1.61 bits per heavy atom. The van der Waals surface area contributed by atoms with Crippen molar-refractivity contribution in [3.05, 3.63) is 41.5 Å². The first kappa shape index (κ1) is 15.4. The van der Waals surface area contributed by atoms with Gasteiger partial charge in [-0.25, -0.2) is 9.59 Å². The summed E-state index contributed by atoms with van der Waals surface area (Å²) in [5.41, 5.74) is -0.151. The van der Waals surface area contributed by atoms with Crippen LogP contribution in [0, 0.1) is 0 Å². The summed E-state index contributed by atoms with van der Waals surface area (Å²) in [6.45, 7) is 4.50. The van der Waals surface area contributed by atoms with Gasteiger partial charge in [-0.05, 0) is 11.6 Å². The first-order chi connectivity index (χ1) is 8.31. The van der Waals surface area contributed by atoms with E-state index in [-0.39, 0.29) is 11.1 Å². The lowest BCUT2D eigenvalue weighted by Gasteiger charge is -2.04. The first-order valence-corrected chi connectivity index (χ1v) is 4.72. The van der Waals surface area contributed by atoms with E-state index in [1.54, 1.807) is 0 Å². The molecule has 0 heterocycles. The molecular formula is C12H12O6. The summed E-state index contributed by atoms with van der Waals surface area (Å²) in [6, 6.07) is 4.23. The van der Waals surface area contributed by atoms with E-state index in [0.29, 0.717) is 5.56 Å². The molecule has 0 aliphatic heterocycles. The molecule has 1 rings (SSSR count). The number of aliphatic carboxylic acids is 1. The van der Waals surface area contributed by atoms with E-state index in [0.717, 1.165) is 6.92 Å². The standard InChI is InChI=1S/C10H8O4.C2H4O2/c1-2-6-4-3-5-7(9(11)12)8(6)10(13)14;1-2(3)4/h2-5H,1H2,(H,11,12)(H,13,14);1H3,(H,3,4). The van der Waals surface area contributed by atoms with E-state index < -0.39 is 17.9 Å². The van der Waals surface area contributed by atoms with E-state index in [1.165, 1.54) is 24.3 Å². The minimum Gasteiger partial charge on any atom is -0.481 e. The Bertz CT molecular complexity index is 485. The van der Waals surface area contributed by atoms with Crippen LogP contribution in [0.4, 0.5) is 0 Å². The molecule has 18 heavy (non-hydrogen) atoms. The quantitative estimate of drug-likeness (QED) is 0.756. The predicted octanol–water partition coefficient (Wildman–Crippen LogP) is 1.82. The normalized spacial score (nSPS) is 8.72. The summed E-state index contributed by atoms with van der Waals surface area (Å²) < 4.78 is 0. The lowest BCUT2D eigenvalue weighted by Crippen LogP contribution is -2.09. The molecule has 0 radical (unpaired) electrons. The average Bonchev–Trinajstić information content (AvgIpc) is 2.26. The van der Waals surface area contributed by atoms with Gasteiger partial charge in [-0.15, -0.1) is 0 Å². The van der Waals surface area contributed by atoms with Gasteiger partial charge in [0.2, 0.25) is 0 Å². The molecular weight excluding hydrogens is 240 g/mol. The fraction of sp³-hybridized carbons (Fsp3) is 0.0833. The second-order valence-corrected chi connectivity index (χ2v) is 3.10. The number of rotatable bonds is 3. The van der Waals surface area contributed by atoms with Crippen molar-refractivity contribution in [3.63, 3.8) is 0 Å². The molecule has 6 nitrogen and oxygen atoms in total. The third-order valence-electron chi connectivity index (χ3n) is 1.76. The van der Waals surface area contributed by atoms with Gasteiger partial charge in [-0.1, -0.05) is 24.8 Å². The number of hydrogen-bond acceptors (Lipinski definition) is 3. The zero-order valence-corrected chi connectivity index (χ0v) is 9.58. The van der Waals surface area contributed by atoms with Crippen molar-refractivity contribution in [1.29, 1.82) is 0 Å². The minimum absolute atomic E-state index is 0.227. The summed E-state index contributed by atoms with van der Waals surface area (Å²) in [6.07, 6.45) is 1.32. The van der Waals surface area contributed by atoms with E-state index in [1.807, 2.05) is 0 Å². The van der Waals surface area contributed by atoms with Crippen molar-refractivity contribution in [2.24, 2.45) is 0 Å². The zero-order chi connectivity index (χ0) is 14.3. The summed E-state index contributed by atoms with van der Waals surface area (Å²) in [5.74, 6) is -3.36. The van der Waals surface area contributed by atoms with Crippen molar-refractivity contribution < 1.29 is 29.7 Å². The number of carboxylic acid groups (broad SMARTS) is 3. The number of carbonyl (C=O) groups is 3. The SMILES string of the molecule is C=Cc1cccc(C(=O)O)c1C(=O)O.CC(=O)O. The number of hydrogen-bond donors (Lipinski definition) is 3. The second-order valence-electron chi connectivity index (χ2n) is 3.10. The molecule has 0 fully saturated rings. The Morgan fingerprint density at radius 1 is 1.11 bits per heavy atom. The van der Waals surface area contributed by atoms with Crippen LogP contribution in [0.15, 0.2) is 24.8 Å². The maximum absolute atomic E-state index is 10.8. The Kier molecular flexibility index (Phi) is 5.85. The lowest BCUT2D eigenvalue weighted by molar-refractivity contribution is -0.134. The number of carboxylic acids is 3. The van der Waals surface area contributed by atoms with Crippen LogP contribution in [-0.2, 0) is 4.79 Å². The van der Waals surface area contributed by atoms with Gasteiger partial charge in [0, 0.05) is 6.92 Å². The summed E-state index contributed by atoms with van der Waals surface area (Å²) in [5, 5.41) is 25.0. The Labute approximate surface area is 103 Å².